The van der Waals surface area contributed by atoms with E-state index in [0.29, 0.717) is 0 Å². The number of hydrogen-bond donors (Lipinski definition) is 6. The molecule has 0 amide bonds. The van der Waals surface area contributed by atoms with Crippen LogP contribution in [0.25, 0.3) is 0 Å². The fourth-order valence-corrected chi connectivity index (χ4v) is 0. The van der Waals surface area contributed by atoms with Gasteiger partial charge in [0.25, 0.3) is 20.2 Å². The summed E-state index contributed by atoms with van der Waals surface area (Å²) in [5, 5.41) is 0. The molecular weight excluding hydrogens is 343 g/mol. The third-order valence-electron chi connectivity index (χ3n) is 0.122. The van der Waals surface area contributed by atoms with Crippen LogP contribution in [0, 0.1) is 0 Å². The molecule has 2 atom stereocenters. The Labute approximate surface area is 122 Å². The fourth-order valence-electron chi connectivity index (χ4n) is 0. The van der Waals surface area contributed by atoms with Crippen molar-refractivity contribution in [1.82, 2.24) is 0 Å². The van der Waals surface area contributed by atoms with Crippen LogP contribution in [0.2, 0.25) is 0 Å². The van der Waals surface area contributed by atoms with Crippen LogP contribution in [0.4, 0.5) is 0 Å². The zero-order valence-electron chi connectivity index (χ0n) is 6.77. The Morgan fingerprint density at radius 3 is 0.706 bits per heavy atom. The van der Waals surface area contributed by atoms with Gasteiger partial charge >= 0.3 is 50.4 Å². The first kappa shape index (κ1) is 26.5. The van der Waals surface area contributed by atoms with E-state index >= 15 is 0 Å². The van der Waals surface area contributed by atoms with Crippen LogP contribution < -0.4 is 0 Å². The molecule has 0 heterocycles. The van der Waals surface area contributed by atoms with Crippen molar-refractivity contribution in [3.05, 3.63) is 0 Å². The fraction of sp³-hybridized carbons (Fsp3) is 0. The van der Waals surface area contributed by atoms with Crippen LogP contribution in [0.5, 0.6) is 0 Å². The maximum absolute atomic E-state index is 9.26. The van der Waals surface area contributed by atoms with Gasteiger partial charge in [0.15, 0.2) is 0 Å². The Bertz CT molecular complexity index is 353. The van der Waals surface area contributed by atoms with E-state index in [1.165, 1.54) is 0 Å². The quantitative estimate of drug-likeness (QED) is 0.124. The van der Waals surface area contributed by atoms with Crippen molar-refractivity contribution in [3.63, 3.8) is 0 Å². The van der Waals surface area contributed by atoms with Gasteiger partial charge in [0.2, 0.25) is 0 Å². The van der Waals surface area contributed by atoms with Gasteiger partial charge in [0, 0.05) is 0 Å². The maximum atomic E-state index is 9.26. The summed E-state index contributed by atoms with van der Waals surface area (Å²) in [4.78, 5) is 0. The van der Waals surface area contributed by atoms with Crippen LogP contribution in [0.1, 0.15) is 0 Å². The molecule has 2 unspecified atom stereocenters. The predicted octanol–water partition coefficient (Wildman–Crippen LogP) is -2.61. The van der Waals surface area contributed by atoms with Crippen molar-refractivity contribution in [2.24, 2.45) is 0 Å². The zero-order chi connectivity index (χ0) is 14.2. The van der Waals surface area contributed by atoms with E-state index in [-0.39, 0.29) is 29.6 Å². The second kappa shape index (κ2) is 12.0. The van der Waals surface area contributed by atoms with E-state index in [2.05, 4.69) is 0 Å². The summed E-state index contributed by atoms with van der Waals surface area (Å²) in [6.45, 7) is 0. The molecule has 0 aromatic heterocycles. The van der Waals surface area contributed by atoms with Gasteiger partial charge in [0.1, 0.15) is 0 Å². The van der Waals surface area contributed by atoms with Gasteiger partial charge in [-0.25, -0.2) is 8.42 Å². The van der Waals surface area contributed by atoms with Crippen LogP contribution in [-0.4, -0.2) is 82.1 Å². The molecule has 0 bridgehead atoms. The predicted molar refractivity (Wildman–Crippen MR) is 57.0 cm³/mol. The van der Waals surface area contributed by atoms with Crippen molar-refractivity contribution in [3.8, 4) is 0 Å². The average Bonchev–Trinajstić information content (AvgIpc) is 1.77. The van der Waals surface area contributed by atoms with Crippen LogP contribution >= 0.6 is 0 Å². The third-order valence-corrected chi connectivity index (χ3v) is 1.10. The molecule has 0 spiro atoms. The van der Waals surface area contributed by atoms with E-state index in [9.17, 15) is 8.42 Å². The zero-order valence-corrected chi connectivity index (χ0v) is 10.0. The number of hydrogen-bond acceptors (Lipinski definition) is 6. The molecule has 0 aliphatic heterocycles. The van der Waals surface area contributed by atoms with Crippen LogP contribution in [0.3, 0.4) is 0 Å². The standard InChI is InChI=1S/Na.H2O4S2.2H2O4S.H/c;1-5(2)6(3)4;2*1-5(2,3)4;/h;(H,1,2)(H,3,4);2*(H2,1,2,3,4);. The monoisotopic (exact) mass is 350 g/mol. The Morgan fingerprint density at radius 1 is 0.647 bits per heavy atom. The molecule has 0 saturated carbocycles. The molecule has 0 aromatic rings. The Hall–Kier alpha value is 0.960. The van der Waals surface area contributed by atoms with Crippen molar-refractivity contribution in [2.45, 2.75) is 0 Å². The molecule has 12 nitrogen and oxygen atoms in total. The van der Waals surface area contributed by atoms with E-state index < -0.39 is 41.0 Å². The summed E-state index contributed by atoms with van der Waals surface area (Å²) in [6, 6.07) is 0. The summed E-state index contributed by atoms with van der Waals surface area (Å²) < 4.78 is 96.8. The average molecular weight is 350 g/mol. The van der Waals surface area contributed by atoms with Gasteiger partial charge in [-0.2, -0.15) is 16.8 Å². The molecule has 0 fully saturated rings. The molecule has 6 N–H and O–H groups in total. The van der Waals surface area contributed by atoms with E-state index in [1.807, 2.05) is 0 Å². The first-order valence-corrected chi connectivity index (χ1v) is 7.79. The van der Waals surface area contributed by atoms with Crippen LogP contribution in [-0.2, 0) is 41.0 Å². The second-order valence-electron chi connectivity index (χ2n) is 1.33. The summed E-state index contributed by atoms with van der Waals surface area (Å²) >= 11 is 0. The molecule has 0 rings (SSSR count). The van der Waals surface area contributed by atoms with Crippen molar-refractivity contribution >= 4 is 70.6 Å². The van der Waals surface area contributed by atoms with Gasteiger partial charge in [0.05, 0.1) is 0 Å². The summed E-state index contributed by atoms with van der Waals surface area (Å²) in [5.41, 5.74) is 0. The molecule has 0 aliphatic carbocycles. The summed E-state index contributed by atoms with van der Waals surface area (Å²) in [6.07, 6.45) is 0. The molecular formula is H7NaO12S4. The molecule has 0 saturated heterocycles. The molecule has 17 heavy (non-hydrogen) atoms. The van der Waals surface area contributed by atoms with Gasteiger partial charge in [-0.3, -0.25) is 27.3 Å². The van der Waals surface area contributed by atoms with Gasteiger partial charge < -0.3 is 0 Å². The summed E-state index contributed by atoms with van der Waals surface area (Å²) in [7, 11) is -14.5. The molecule has 0 aromatic carbocycles. The Kier molecular flexibility index (Phi) is 18.7. The number of rotatable bonds is 1. The van der Waals surface area contributed by atoms with E-state index in [1.54, 1.807) is 0 Å². The topological polar surface area (TPSA) is 224 Å². The SMILES string of the molecule is O=S(=O)(O)O.O=S(=O)(O)O.O=S(O)S(=O)O.[NaH]. The molecule has 104 valence electrons. The van der Waals surface area contributed by atoms with Gasteiger partial charge in [-0.1, -0.05) is 0 Å². The molecule has 0 radical (unpaired) electrons. The molecule has 17 heteroatoms. The van der Waals surface area contributed by atoms with Gasteiger partial charge in [-0.05, 0) is 0 Å². The van der Waals surface area contributed by atoms with Crippen molar-refractivity contribution < 1.29 is 52.6 Å². The van der Waals surface area contributed by atoms with Gasteiger partial charge in [-0.15, -0.1) is 0 Å². The van der Waals surface area contributed by atoms with Crippen molar-refractivity contribution in [1.29, 1.82) is 0 Å². The van der Waals surface area contributed by atoms with Crippen molar-refractivity contribution in [2.75, 3.05) is 0 Å². The first-order valence-electron chi connectivity index (χ1n) is 2.26. The second-order valence-corrected chi connectivity index (χ2v) is 5.70. The Balaban J connectivity index is -0.0000000729. The Morgan fingerprint density at radius 2 is 0.706 bits per heavy atom. The summed E-state index contributed by atoms with van der Waals surface area (Å²) in [5.74, 6) is 0. The molecule has 0 aliphatic rings. The van der Waals surface area contributed by atoms with Crippen LogP contribution in [0.15, 0.2) is 0 Å². The first-order chi connectivity index (χ1) is 6.64. The van der Waals surface area contributed by atoms with E-state index in [4.69, 9.17) is 44.2 Å². The minimum atomic E-state index is -4.67. The third kappa shape index (κ3) is 154. The minimum absolute atomic E-state index is 0. The normalized spacial score (nSPS) is 13.8. The van der Waals surface area contributed by atoms with E-state index in [0.717, 1.165) is 0 Å².